The highest BCUT2D eigenvalue weighted by Crippen LogP contribution is 2.37. The fourth-order valence-corrected chi connectivity index (χ4v) is 2.98. The zero-order valence-electron chi connectivity index (χ0n) is 11.0. The quantitative estimate of drug-likeness (QED) is 0.888. The van der Waals surface area contributed by atoms with Crippen LogP contribution in [-0.2, 0) is 0 Å². The standard InChI is InChI=1S/C15H22FNO/c1-17(14-7-5-6-13(16)10-14)11-15(12-18)8-3-2-4-9-15/h5-7,10,18H,2-4,8-9,11-12H2,1H3. The van der Waals surface area contributed by atoms with Crippen LogP contribution in [0.4, 0.5) is 10.1 Å². The number of nitrogens with zero attached hydrogens (tertiary/aromatic N) is 1. The average molecular weight is 251 g/mol. The molecule has 1 fully saturated rings. The molecule has 3 heteroatoms. The highest BCUT2D eigenvalue weighted by molar-refractivity contribution is 5.45. The minimum atomic E-state index is -0.207. The summed E-state index contributed by atoms with van der Waals surface area (Å²) in [4.78, 5) is 2.06. The lowest BCUT2D eigenvalue weighted by molar-refractivity contribution is 0.0891. The number of aliphatic hydroxyl groups excluding tert-OH is 1. The van der Waals surface area contributed by atoms with E-state index in [0.717, 1.165) is 25.1 Å². The van der Waals surface area contributed by atoms with Crippen molar-refractivity contribution in [2.24, 2.45) is 5.41 Å². The van der Waals surface area contributed by atoms with Gasteiger partial charge >= 0.3 is 0 Å². The fraction of sp³-hybridized carbons (Fsp3) is 0.600. The molecule has 1 aliphatic carbocycles. The number of anilines is 1. The summed E-state index contributed by atoms with van der Waals surface area (Å²) in [7, 11) is 1.97. The van der Waals surface area contributed by atoms with Gasteiger partial charge in [0.1, 0.15) is 5.82 Å². The molecule has 0 aliphatic heterocycles. The summed E-state index contributed by atoms with van der Waals surface area (Å²) in [5, 5.41) is 9.69. The molecule has 2 rings (SSSR count). The van der Waals surface area contributed by atoms with Crippen molar-refractivity contribution in [1.29, 1.82) is 0 Å². The second-order valence-electron chi connectivity index (χ2n) is 5.55. The third kappa shape index (κ3) is 3.02. The zero-order chi connectivity index (χ0) is 13.0. The molecule has 0 bridgehead atoms. The van der Waals surface area contributed by atoms with E-state index in [9.17, 15) is 9.50 Å². The molecule has 0 atom stereocenters. The van der Waals surface area contributed by atoms with E-state index in [-0.39, 0.29) is 17.8 Å². The zero-order valence-corrected chi connectivity index (χ0v) is 11.0. The molecule has 0 heterocycles. The molecule has 2 nitrogen and oxygen atoms in total. The predicted octanol–water partition coefficient (Wildman–Crippen LogP) is 3.20. The van der Waals surface area contributed by atoms with Gasteiger partial charge in [-0.25, -0.2) is 4.39 Å². The van der Waals surface area contributed by atoms with Crippen LogP contribution in [0.15, 0.2) is 24.3 Å². The topological polar surface area (TPSA) is 23.5 Å². The first-order chi connectivity index (χ1) is 8.65. The lowest BCUT2D eigenvalue weighted by Crippen LogP contribution is -2.40. The summed E-state index contributed by atoms with van der Waals surface area (Å²) in [6.45, 7) is 1.03. The Bertz CT molecular complexity index is 388. The van der Waals surface area contributed by atoms with Gasteiger partial charge in [0.05, 0.1) is 6.61 Å². The molecule has 0 saturated heterocycles. The number of rotatable bonds is 4. The summed E-state index contributed by atoms with van der Waals surface area (Å²) in [5.74, 6) is -0.207. The summed E-state index contributed by atoms with van der Waals surface area (Å²) in [5.41, 5.74) is 0.882. The molecule has 1 N–H and O–H groups in total. The number of halogens is 1. The summed E-state index contributed by atoms with van der Waals surface area (Å²) >= 11 is 0. The van der Waals surface area contributed by atoms with Gasteiger partial charge in [0, 0.05) is 24.7 Å². The van der Waals surface area contributed by atoms with Crippen LogP contribution in [0.3, 0.4) is 0 Å². The molecule has 0 amide bonds. The first-order valence-electron chi connectivity index (χ1n) is 6.73. The van der Waals surface area contributed by atoms with Gasteiger partial charge in [-0.2, -0.15) is 0 Å². The van der Waals surface area contributed by atoms with Gasteiger partial charge in [-0.3, -0.25) is 0 Å². The highest BCUT2D eigenvalue weighted by Gasteiger charge is 2.32. The van der Waals surface area contributed by atoms with Crippen LogP contribution in [0.1, 0.15) is 32.1 Å². The summed E-state index contributed by atoms with van der Waals surface area (Å²) in [6.07, 6.45) is 5.80. The first-order valence-corrected chi connectivity index (χ1v) is 6.73. The molecule has 1 aliphatic rings. The van der Waals surface area contributed by atoms with E-state index in [1.54, 1.807) is 12.1 Å². The van der Waals surface area contributed by atoms with Crippen LogP contribution in [0.25, 0.3) is 0 Å². The van der Waals surface area contributed by atoms with Crippen molar-refractivity contribution in [3.63, 3.8) is 0 Å². The van der Waals surface area contributed by atoms with Crippen LogP contribution >= 0.6 is 0 Å². The maximum absolute atomic E-state index is 13.2. The Morgan fingerprint density at radius 2 is 2.00 bits per heavy atom. The van der Waals surface area contributed by atoms with E-state index in [1.165, 1.54) is 25.3 Å². The minimum absolute atomic E-state index is 0.000677. The monoisotopic (exact) mass is 251 g/mol. The number of hydrogen-bond acceptors (Lipinski definition) is 2. The third-order valence-corrected chi connectivity index (χ3v) is 4.07. The predicted molar refractivity (Wildman–Crippen MR) is 72.3 cm³/mol. The molecule has 0 unspecified atom stereocenters. The molecule has 18 heavy (non-hydrogen) atoms. The lowest BCUT2D eigenvalue weighted by atomic mass is 9.74. The highest BCUT2D eigenvalue weighted by atomic mass is 19.1. The van der Waals surface area contributed by atoms with Gasteiger partial charge < -0.3 is 10.0 Å². The Kier molecular flexibility index (Phi) is 4.23. The maximum Gasteiger partial charge on any atom is 0.125 e. The third-order valence-electron chi connectivity index (χ3n) is 4.07. The Labute approximate surface area is 108 Å². The van der Waals surface area contributed by atoms with Crippen molar-refractivity contribution >= 4 is 5.69 Å². The molecule has 1 saturated carbocycles. The molecular formula is C15H22FNO. The van der Waals surface area contributed by atoms with Crippen LogP contribution in [0, 0.1) is 11.2 Å². The SMILES string of the molecule is CN(CC1(CO)CCCCC1)c1cccc(F)c1. The van der Waals surface area contributed by atoms with Crippen molar-refractivity contribution in [3.05, 3.63) is 30.1 Å². The Hall–Kier alpha value is -1.09. The minimum Gasteiger partial charge on any atom is -0.396 e. The van der Waals surface area contributed by atoms with Crippen LogP contribution in [0.2, 0.25) is 0 Å². The Morgan fingerprint density at radius 1 is 1.28 bits per heavy atom. The molecule has 1 aromatic carbocycles. The van der Waals surface area contributed by atoms with Gasteiger partial charge in [-0.05, 0) is 31.0 Å². The van der Waals surface area contributed by atoms with Gasteiger partial charge in [-0.15, -0.1) is 0 Å². The molecular weight excluding hydrogens is 229 g/mol. The van der Waals surface area contributed by atoms with E-state index in [4.69, 9.17) is 0 Å². The van der Waals surface area contributed by atoms with Gasteiger partial charge in [0.2, 0.25) is 0 Å². The lowest BCUT2D eigenvalue weighted by Gasteiger charge is -2.39. The molecule has 100 valence electrons. The van der Waals surface area contributed by atoms with E-state index in [1.807, 2.05) is 13.1 Å². The van der Waals surface area contributed by atoms with Crippen molar-refractivity contribution in [2.45, 2.75) is 32.1 Å². The fourth-order valence-electron chi connectivity index (χ4n) is 2.98. The number of hydrogen-bond donors (Lipinski definition) is 1. The van der Waals surface area contributed by atoms with Crippen LogP contribution < -0.4 is 4.90 Å². The summed E-state index contributed by atoms with van der Waals surface area (Å²) < 4.78 is 13.2. The van der Waals surface area contributed by atoms with Gasteiger partial charge in [0.15, 0.2) is 0 Å². The Morgan fingerprint density at radius 3 is 2.61 bits per heavy atom. The molecule has 0 spiro atoms. The molecule has 0 radical (unpaired) electrons. The van der Waals surface area contributed by atoms with E-state index < -0.39 is 0 Å². The van der Waals surface area contributed by atoms with Gasteiger partial charge in [-0.1, -0.05) is 25.3 Å². The number of aliphatic hydroxyl groups is 1. The smallest absolute Gasteiger partial charge is 0.125 e. The van der Waals surface area contributed by atoms with E-state index in [0.29, 0.717) is 0 Å². The largest absolute Gasteiger partial charge is 0.396 e. The van der Waals surface area contributed by atoms with Crippen LogP contribution in [-0.4, -0.2) is 25.3 Å². The first kappa shape index (κ1) is 13.3. The average Bonchev–Trinajstić information content (AvgIpc) is 2.40. The van der Waals surface area contributed by atoms with Crippen LogP contribution in [0.5, 0.6) is 0 Å². The van der Waals surface area contributed by atoms with Crippen molar-refractivity contribution in [2.75, 3.05) is 25.1 Å². The molecule has 0 aromatic heterocycles. The van der Waals surface area contributed by atoms with Crippen molar-refractivity contribution in [3.8, 4) is 0 Å². The Balaban J connectivity index is 2.07. The second-order valence-corrected chi connectivity index (χ2v) is 5.55. The van der Waals surface area contributed by atoms with Crippen molar-refractivity contribution in [1.82, 2.24) is 0 Å². The second kappa shape index (κ2) is 5.70. The van der Waals surface area contributed by atoms with E-state index in [2.05, 4.69) is 4.90 Å². The summed E-state index contributed by atoms with van der Waals surface area (Å²) in [6, 6.07) is 6.65. The normalized spacial score (nSPS) is 18.6. The number of benzene rings is 1. The molecule has 1 aromatic rings. The van der Waals surface area contributed by atoms with E-state index >= 15 is 0 Å². The maximum atomic E-state index is 13.2. The van der Waals surface area contributed by atoms with Gasteiger partial charge in [0.25, 0.3) is 0 Å². The van der Waals surface area contributed by atoms with Crippen molar-refractivity contribution < 1.29 is 9.50 Å².